The van der Waals surface area contributed by atoms with Gasteiger partial charge in [0.2, 0.25) is 0 Å². The Balaban J connectivity index is 1.41. The molecular formula is C19H23N3O3. The Bertz CT molecular complexity index is 702. The zero-order chi connectivity index (χ0) is 17.6. The standard InChI is InChI=1S/C19H23N3O3/c1-15-4-6-16(7-5-15)8-9-20-19(24)22-12-10-21(11-13-22)18(23)17-3-2-14-25-17/h2-7,14H,8-13H2,1H3,(H,20,24). The van der Waals surface area contributed by atoms with Crippen LogP contribution in [0.2, 0.25) is 0 Å². The molecule has 0 atom stereocenters. The molecule has 0 radical (unpaired) electrons. The van der Waals surface area contributed by atoms with Crippen LogP contribution in [0.3, 0.4) is 0 Å². The van der Waals surface area contributed by atoms with E-state index < -0.39 is 0 Å². The molecular weight excluding hydrogens is 318 g/mol. The van der Waals surface area contributed by atoms with Crippen LogP contribution in [0.1, 0.15) is 21.7 Å². The molecule has 1 aliphatic heterocycles. The first-order chi connectivity index (χ1) is 12.1. The number of benzene rings is 1. The van der Waals surface area contributed by atoms with Gasteiger partial charge in [-0.25, -0.2) is 4.79 Å². The summed E-state index contributed by atoms with van der Waals surface area (Å²) < 4.78 is 5.14. The number of furan rings is 1. The number of amides is 3. The lowest BCUT2D eigenvalue weighted by Crippen LogP contribution is -2.53. The molecule has 3 rings (SSSR count). The Hall–Kier alpha value is -2.76. The second kappa shape index (κ2) is 7.88. The predicted molar refractivity (Wildman–Crippen MR) is 94.5 cm³/mol. The molecule has 0 aliphatic carbocycles. The van der Waals surface area contributed by atoms with Crippen molar-refractivity contribution >= 4 is 11.9 Å². The summed E-state index contributed by atoms with van der Waals surface area (Å²) >= 11 is 0. The number of aryl methyl sites for hydroxylation is 1. The van der Waals surface area contributed by atoms with E-state index in [1.165, 1.54) is 17.4 Å². The van der Waals surface area contributed by atoms with Crippen molar-refractivity contribution < 1.29 is 14.0 Å². The largest absolute Gasteiger partial charge is 0.459 e. The van der Waals surface area contributed by atoms with E-state index in [1.807, 2.05) is 0 Å². The first-order valence-corrected chi connectivity index (χ1v) is 8.54. The number of urea groups is 1. The fraction of sp³-hybridized carbons (Fsp3) is 0.368. The Labute approximate surface area is 147 Å². The molecule has 25 heavy (non-hydrogen) atoms. The third-order valence-corrected chi connectivity index (χ3v) is 4.40. The minimum atomic E-state index is -0.121. The molecule has 3 amide bonds. The topological polar surface area (TPSA) is 65.8 Å². The third kappa shape index (κ3) is 4.41. The Morgan fingerprint density at radius 3 is 2.36 bits per heavy atom. The van der Waals surface area contributed by atoms with Crippen molar-refractivity contribution in [3.05, 3.63) is 59.5 Å². The average Bonchev–Trinajstić information content (AvgIpc) is 3.17. The molecule has 2 heterocycles. The smallest absolute Gasteiger partial charge is 0.317 e. The molecule has 0 bridgehead atoms. The molecule has 6 nitrogen and oxygen atoms in total. The number of piperazine rings is 1. The van der Waals surface area contributed by atoms with Gasteiger partial charge in [-0.15, -0.1) is 0 Å². The lowest BCUT2D eigenvalue weighted by atomic mass is 10.1. The van der Waals surface area contributed by atoms with Crippen LogP contribution in [-0.2, 0) is 6.42 Å². The van der Waals surface area contributed by atoms with Gasteiger partial charge >= 0.3 is 6.03 Å². The summed E-state index contributed by atoms with van der Waals surface area (Å²) in [6, 6.07) is 11.6. The summed E-state index contributed by atoms with van der Waals surface area (Å²) in [6.07, 6.45) is 2.30. The van der Waals surface area contributed by atoms with Gasteiger partial charge in [-0.2, -0.15) is 0 Å². The zero-order valence-corrected chi connectivity index (χ0v) is 14.4. The number of rotatable bonds is 4. The van der Waals surface area contributed by atoms with Gasteiger partial charge in [-0.1, -0.05) is 29.8 Å². The lowest BCUT2D eigenvalue weighted by Gasteiger charge is -2.34. The fourth-order valence-electron chi connectivity index (χ4n) is 2.85. The summed E-state index contributed by atoms with van der Waals surface area (Å²) in [7, 11) is 0. The fourth-order valence-corrected chi connectivity index (χ4v) is 2.85. The molecule has 1 aliphatic rings. The SMILES string of the molecule is Cc1ccc(CCNC(=O)N2CCN(C(=O)c3ccco3)CC2)cc1. The molecule has 0 spiro atoms. The number of carbonyl (C=O) groups excluding carboxylic acids is 2. The summed E-state index contributed by atoms with van der Waals surface area (Å²) in [5.41, 5.74) is 2.44. The van der Waals surface area contributed by atoms with Gasteiger partial charge in [0.1, 0.15) is 0 Å². The Kier molecular flexibility index (Phi) is 5.38. The summed E-state index contributed by atoms with van der Waals surface area (Å²) in [5, 5.41) is 2.95. The lowest BCUT2D eigenvalue weighted by molar-refractivity contribution is 0.0634. The quantitative estimate of drug-likeness (QED) is 0.928. The molecule has 6 heteroatoms. The molecule has 0 saturated carbocycles. The van der Waals surface area contributed by atoms with Gasteiger partial charge in [-0.3, -0.25) is 4.79 Å². The molecule has 0 unspecified atom stereocenters. The molecule has 1 N–H and O–H groups in total. The first-order valence-electron chi connectivity index (χ1n) is 8.54. The van der Waals surface area contributed by atoms with E-state index in [1.54, 1.807) is 21.9 Å². The molecule has 2 aromatic rings. The van der Waals surface area contributed by atoms with Crippen LogP contribution in [0.25, 0.3) is 0 Å². The monoisotopic (exact) mass is 341 g/mol. The number of nitrogens with one attached hydrogen (secondary N) is 1. The minimum Gasteiger partial charge on any atom is -0.459 e. The number of hydrogen-bond donors (Lipinski definition) is 1. The third-order valence-electron chi connectivity index (χ3n) is 4.40. The van der Waals surface area contributed by atoms with Gasteiger partial charge in [0.15, 0.2) is 5.76 Å². The molecule has 1 saturated heterocycles. The van der Waals surface area contributed by atoms with Crippen LogP contribution in [0.5, 0.6) is 0 Å². The van der Waals surface area contributed by atoms with Crippen LogP contribution in [0.15, 0.2) is 47.1 Å². The normalized spacial score (nSPS) is 14.4. The van der Waals surface area contributed by atoms with Crippen molar-refractivity contribution in [3.63, 3.8) is 0 Å². The van der Waals surface area contributed by atoms with E-state index in [0.29, 0.717) is 38.5 Å². The number of carbonyl (C=O) groups is 2. The van der Waals surface area contributed by atoms with E-state index in [4.69, 9.17) is 4.42 Å². The molecule has 1 aromatic carbocycles. The Morgan fingerprint density at radius 2 is 1.72 bits per heavy atom. The highest BCUT2D eigenvalue weighted by Gasteiger charge is 2.25. The molecule has 1 aromatic heterocycles. The maximum absolute atomic E-state index is 12.2. The van der Waals surface area contributed by atoms with Crippen LogP contribution in [0, 0.1) is 6.92 Å². The van der Waals surface area contributed by atoms with Crippen molar-refractivity contribution in [1.82, 2.24) is 15.1 Å². The van der Waals surface area contributed by atoms with Gasteiger partial charge in [-0.05, 0) is 31.0 Å². The van der Waals surface area contributed by atoms with Crippen molar-refractivity contribution in [2.24, 2.45) is 0 Å². The van der Waals surface area contributed by atoms with E-state index in [2.05, 4.69) is 36.5 Å². The minimum absolute atomic E-state index is 0.0720. The summed E-state index contributed by atoms with van der Waals surface area (Å²) in [4.78, 5) is 27.9. The second-order valence-corrected chi connectivity index (χ2v) is 6.22. The summed E-state index contributed by atoms with van der Waals surface area (Å²) in [6.45, 7) is 4.76. The maximum Gasteiger partial charge on any atom is 0.317 e. The Morgan fingerprint density at radius 1 is 1.04 bits per heavy atom. The van der Waals surface area contributed by atoms with Crippen molar-refractivity contribution in [1.29, 1.82) is 0 Å². The highest BCUT2D eigenvalue weighted by Crippen LogP contribution is 2.09. The summed E-state index contributed by atoms with van der Waals surface area (Å²) in [5.74, 6) is 0.223. The molecule has 1 fully saturated rings. The van der Waals surface area contributed by atoms with Crippen LogP contribution in [-0.4, -0.2) is 54.5 Å². The van der Waals surface area contributed by atoms with Crippen molar-refractivity contribution in [2.75, 3.05) is 32.7 Å². The second-order valence-electron chi connectivity index (χ2n) is 6.22. The predicted octanol–water partition coefficient (Wildman–Crippen LogP) is 2.30. The van der Waals surface area contributed by atoms with Crippen LogP contribution in [0.4, 0.5) is 4.79 Å². The molecule has 132 valence electrons. The zero-order valence-electron chi connectivity index (χ0n) is 14.4. The van der Waals surface area contributed by atoms with E-state index in [-0.39, 0.29) is 11.9 Å². The van der Waals surface area contributed by atoms with Gasteiger partial charge in [0.25, 0.3) is 5.91 Å². The highest BCUT2D eigenvalue weighted by molar-refractivity contribution is 5.91. The number of nitrogens with zero attached hydrogens (tertiary/aromatic N) is 2. The van der Waals surface area contributed by atoms with Crippen molar-refractivity contribution in [3.8, 4) is 0 Å². The van der Waals surface area contributed by atoms with Gasteiger partial charge in [0, 0.05) is 32.7 Å². The van der Waals surface area contributed by atoms with Crippen LogP contribution < -0.4 is 5.32 Å². The van der Waals surface area contributed by atoms with E-state index in [9.17, 15) is 9.59 Å². The first kappa shape index (κ1) is 17.1. The van der Waals surface area contributed by atoms with Gasteiger partial charge in [0.05, 0.1) is 6.26 Å². The van der Waals surface area contributed by atoms with Crippen LogP contribution >= 0.6 is 0 Å². The van der Waals surface area contributed by atoms with Gasteiger partial charge < -0.3 is 19.5 Å². The average molecular weight is 341 g/mol. The van der Waals surface area contributed by atoms with E-state index >= 15 is 0 Å². The van der Waals surface area contributed by atoms with Crippen molar-refractivity contribution in [2.45, 2.75) is 13.3 Å². The highest BCUT2D eigenvalue weighted by atomic mass is 16.3. The van der Waals surface area contributed by atoms with E-state index in [0.717, 1.165) is 6.42 Å². The number of hydrogen-bond acceptors (Lipinski definition) is 3. The maximum atomic E-state index is 12.2.